The van der Waals surface area contributed by atoms with Gasteiger partial charge in [-0.15, -0.1) is 0 Å². The van der Waals surface area contributed by atoms with Crippen LogP contribution in [-0.2, 0) is 0 Å². The van der Waals surface area contributed by atoms with E-state index in [0.717, 1.165) is 68.0 Å². The summed E-state index contributed by atoms with van der Waals surface area (Å²) in [5.41, 5.74) is 2.87. The first-order valence-electron chi connectivity index (χ1n) is 13.4. The van der Waals surface area contributed by atoms with E-state index in [1.54, 1.807) is 0 Å². The molecule has 1 atom stereocenters. The molecule has 1 unspecified atom stereocenters. The molecule has 1 aromatic heterocycles. The smallest absolute Gasteiger partial charge is 0.253 e. The number of carbonyl (C=O) groups excluding carboxylic acids is 1. The molecule has 188 valence electrons. The van der Waals surface area contributed by atoms with Crippen LogP contribution < -0.4 is 5.32 Å². The van der Waals surface area contributed by atoms with Crippen molar-refractivity contribution in [3.05, 3.63) is 60.2 Å². The third-order valence-electron chi connectivity index (χ3n) is 7.29. The summed E-state index contributed by atoms with van der Waals surface area (Å²) in [6.45, 7) is 6.42. The van der Waals surface area contributed by atoms with Crippen LogP contribution in [0.5, 0.6) is 0 Å². The van der Waals surface area contributed by atoms with Gasteiger partial charge in [0.1, 0.15) is 0 Å². The Kier molecular flexibility index (Phi) is 9.18. The standard InChI is InChI=1S/C29H41N5O/c1-3-4-6-11-23(22-33(2)28(35)24-12-7-5-8-13-24)16-19-34-20-17-25(18-21-34)30-29-31-26-14-9-10-15-27(26)32-29/h5,7-10,12-15,23,25H,3-4,6,11,16-22H2,1-2H3,(H2,30,31,32). The number of nitrogens with one attached hydrogen (secondary N) is 2. The lowest BCUT2D eigenvalue weighted by Gasteiger charge is -2.33. The highest BCUT2D eigenvalue weighted by molar-refractivity contribution is 5.94. The van der Waals surface area contributed by atoms with Crippen molar-refractivity contribution < 1.29 is 4.79 Å². The van der Waals surface area contributed by atoms with Crippen LogP contribution in [0.25, 0.3) is 11.0 Å². The van der Waals surface area contributed by atoms with E-state index in [1.807, 2.05) is 60.5 Å². The maximum Gasteiger partial charge on any atom is 0.253 e. The van der Waals surface area contributed by atoms with Gasteiger partial charge in [-0.05, 0) is 62.4 Å². The molecule has 0 aliphatic carbocycles. The third-order valence-corrected chi connectivity index (χ3v) is 7.29. The van der Waals surface area contributed by atoms with Gasteiger partial charge in [-0.25, -0.2) is 4.98 Å². The van der Waals surface area contributed by atoms with Gasteiger partial charge < -0.3 is 20.1 Å². The first-order valence-corrected chi connectivity index (χ1v) is 13.4. The van der Waals surface area contributed by atoms with E-state index < -0.39 is 0 Å². The van der Waals surface area contributed by atoms with Crippen LogP contribution in [0.15, 0.2) is 54.6 Å². The van der Waals surface area contributed by atoms with Crippen LogP contribution in [0.1, 0.15) is 62.2 Å². The lowest BCUT2D eigenvalue weighted by Crippen LogP contribution is -2.40. The Balaban J connectivity index is 1.24. The van der Waals surface area contributed by atoms with Gasteiger partial charge >= 0.3 is 0 Å². The molecule has 3 aromatic rings. The second-order valence-corrected chi connectivity index (χ2v) is 10.1. The highest BCUT2D eigenvalue weighted by Gasteiger charge is 2.22. The lowest BCUT2D eigenvalue weighted by atomic mass is 9.95. The molecule has 1 fully saturated rings. The number of piperidine rings is 1. The van der Waals surface area contributed by atoms with Gasteiger partial charge in [0.15, 0.2) is 0 Å². The molecular formula is C29H41N5O. The van der Waals surface area contributed by atoms with Crippen LogP contribution >= 0.6 is 0 Å². The van der Waals surface area contributed by atoms with E-state index in [9.17, 15) is 4.79 Å². The number of nitrogens with zero attached hydrogens (tertiary/aromatic N) is 3. The van der Waals surface area contributed by atoms with E-state index in [-0.39, 0.29) is 5.91 Å². The Labute approximate surface area is 210 Å². The topological polar surface area (TPSA) is 64.3 Å². The lowest BCUT2D eigenvalue weighted by molar-refractivity contribution is 0.0760. The Hall–Kier alpha value is -2.86. The molecule has 1 aliphatic heterocycles. The van der Waals surface area contributed by atoms with E-state index in [2.05, 4.69) is 33.2 Å². The molecule has 0 bridgehead atoms. The Morgan fingerprint density at radius 2 is 1.83 bits per heavy atom. The van der Waals surface area contributed by atoms with Crippen LogP contribution in [0.4, 0.5) is 5.95 Å². The largest absolute Gasteiger partial charge is 0.353 e. The van der Waals surface area contributed by atoms with Crippen molar-refractivity contribution in [3.63, 3.8) is 0 Å². The van der Waals surface area contributed by atoms with Gasteiger partial charge in [-0.1, -0.05) is 56.5 Å². The number of H-pyrrole nitrogens is 1. The highest BCUT2D eigenvalue weighted by Crippen LogP contribution is 2.21. The van der Waals surface area contributed by atoms with Crippen LogP contribution in [0, 0.1) is 5.92 Å². The second-order valence-electron chi connectivity index (χ2n) is 10.1. The molecule has 1 amide bonds. The molecule has 2 heterocycles. The molecule has 6 heteroatoms. The minimum Gasteiger partial charge on any atom is -0.353 e. The number of carbonyl (C=O) groups is 1. The summed E-state index contributed by atoms with van der Waals surface area (Å²) >= 11 is 0. The molecule has 2 aromatic carbocycles. The number of hydrogen-bond acceptors (Lipinski definition) is 4. The second kappa shape index (κ2) is 12.7. The number of amides is 1. The van der Waals surface area contributed by atoms with Gasteiger partial charge in [0.2, 0.25) is 5.95 Å². The van der Waals surface area contributed by atoms with Crippen molar-refractivity contribution in [1.29, 1.82) is 0 Å². The van der Waals surface area contributed by atoms with E-state index >= 15 is 0 Å². The van der Waals surface area contributed by atoms with Crippen LogP contribution in [0.3, 0.4) is 0 Å². The van der Waals surface area contributed by atoms with Gasteiger partial charge in [-0.2, -0.15) is 0 Å². The van der Waals surface area contributed by atoms with Crippen molar-refractivity contribution in [2.24, 2.45) is 5.92 Å². The Morgan fingerprint density at radius 1 is 1.09 bits per heavy atom. The van der Waals surface area contributed by atoms with Gasteiger partial charge in [0.05, 0.1) is 11.0 Å². The summed E-state index contributed by atoms with van der Waals surface area (Å²) in [5.74, 6) is 1.56. The van der Waals surface area contributed by atoms with E-state index in [0.29, 0.717) is 12.0 Å². The van der Waals surface area contributed by atoms with Crippen molar-refractivity contribution in [3.8, 4) is 0 Å². The number of aromatic nitrogens is 2. The molecule has 2 N–H and O–H groups in total. The number of imidazole rings is 1. The quantitative estimate of drug-likeness (QED) is 0.325. The summed E-state index contributed by atoms with van der Waals surface area (Å²) in [7, 11) is 1.96. The number of aromatic amines is 1. The van der Waals surface area contributed by atoms with Gasteiger partial charge in [0.25, 0.3) is 5.91 Å². The highest BCUT2D eigenvalue weighted by atomic mass is 16.2. The number of fused-ring (bicyclic) bond motifs is 1. The van der Waals surface area contributed by atoms with Gasteiger partial charge in [0, 0.05) is 38.3 Å². The number of rotatable bonds is 12. The SMILES string of the molecule is CCCCCC(CCN1CCC(Nc2nc3ccccc3[nH]2)CC1)CN(C)C(=O)c1ccccc1. The monoisotopic (exact) mass is 475 g/mol. The minimum atomic E-state index is 0.128. The van der Waals surface area contributed by atoms with Crippen molar-refractivity contribution in [1.82, 2.24) is 19.8 Å². The first-order chi connectivity index (χ1) is 17.1. The molecule has 35 heavy (non-hydrogen) atoms. The predicted molar refractivity (Wildman–Crippen MR) is 145 cm³/mol. The molecule has 0 saturated carbocycles. The summed E-state index contributed by atoms with van der Waals surface area (Å²) in [6, 6.07) is 18.3. The molecule has 4 rings (SSSR count). The zero-order chi connectivity index (χ0) is 24.5. The molecule has 0 spiro atoms. The number of unbranched alkanes of at least 4 members (excludes halogenated alkanes) is 2. The summed E-state index contributed by atoms with van der Waals surface area (Å²) in [4.78, 5) is 25.4. The summed E-state index contributed by atoms with van der Waals surface area (Å²) < 4.78 is 0. The maximum absolute atomic E-state index is 12.9. The van der Waals surface area contributed by atoms with Crippen LogP contribution in [0.2, 0.25) is 0 Å². The zero-order valence-corrected chi connectivity index (χ0v) is 21.4. The average molecular weight is 476 g/mol. The van der Waals surface area contributed by atoms with Crippen molar-refractivity contribution in [2.45, 2.75) is 57.9 Å². The Morgan fingerprint density at radius 3 is 2.57 bits per heavy atom. The zero-order valence-electron chi connectivity index (χ0n) is 21.4. The molecule has 1 aliphatic rings. The fourth-order valence-electron chi connectivity index (χ4n) is 5.16. The maximum atomic E-state index is 12.9. The normalized spacial score (nSPS) is 15.8. The number of benzene rings is 2. The molecular weight excluding hydrogens is 434 g/mol. The van der Waals surface area contributed by atoms with Crippen LogP contribution in [-0.4, -0.2) is 64.9 Å². The third kappa shape index (κ3) is 7.31. The van der Waals surface area contributed by atoms with E-state index in [1.165, 1.54) is 25.7 Å². The molecule has 0 radical (unpaired) electrons. The Bertz CT molecular complexity index is 1010. The fourth-order valence-corrected chi connectivity index (χ4v) is 5.16. The number of likely N-dealkylation sites (tertiary alicyclic amines) is 1. The fraction of sp³-hybridized carbons (Fsp3) is 0.517. The van der Waals surface area contributed by atoms with Crippen molar-refractivity contribution >= 4 is 22.9 Å². The number of anilines is 1. The number of para-hydroxylation sites is 2. The number of hydrogen-bond donors (Lipinski definition) is 2. The summed E-state index contributed by atoms with van der Waals surface area (Å²) in [6.07, 6.45) is 8.36. The first kappa shape index (κ1) is 25.2. The average Bonchev–Trinajstić information content (AvgIpc) is 3.30. The summed E-state index contributed by atoms with van der Waals surface area (Å²) in [5, 5.41) is 3.61. The van der Waals surface area contributed by atoms with Gasteiger partial charge in [-0.3, -0.25) is 4.79 Å². The molecule has 1 saturated heterocycles. The van der Waals surface area contributed by atoms with E-state index in [4.69, 9.17) is 0 Å². The van der Waals surface area contributed by atoms with Crippen molar-refractivity contribution in [2.75, 3.05) is 38.5 Å². The molecule has 6 nitrogen and oxygen atoms in total. The minimum absolute atomic E-state index is 0.128. The predicted octanol–water partition coefficient (Wildman–Crippen LogP) is 5.80.